The minimum Gasteiger partial charge on any atom is -0.311 e. The molecule has 7 nitrogen and oxygen atoms in total. The molecule has 0 spiro atoms. The van der Waals surface area contributed by atoms with Gasteiger partial charge in [-0.25, -0.2) is 0 Å². The Balaban J connectivity index is 0.875. The van der Waals surface area contributed by atoms with Gasteiger partial charge in [-0.1, -0.05) is 176 Å². The summed E-state index contributed by atoms with van der Waals surface area (Å²) in [7, 11) is 0. The van der Waals surface area contributed by atoms with Crippen molar-refractivity contribution in [1.82, 2.24) is 13.7 Å². The number of para-hydroxylation sites is 9. The number of nitriles is 2. The van der Waals surface area contributed by atoms with E-state index in [0.717, 1.165) is 139 Å². The lowest BCUT2D eigenvalue weighted by atomic mass is 9.33. The van der Waals surface area contributed by atoms with E-state index >= 15 is 0 Å². The summed E-state index contributed by atoms with van der Waals surface area (Å²) in [4.78, 5) is 4.94. The molecule has 434 valence electrons. The number of fused-ring (bicyclic) bond motifs is 13. The van der Waals surface area contributed by atoms with E-state index in [-0.39, 0.29) is 6.71 Å². The third-order valence-corrected chi connectivity index (χ3v) is 19.7. The number of nitrogens with zero attached hydrogens (tertiary/aromatic N) is 7. The Morgan fingerprint density at radius 2 is 0.606 bits per heavy atom. The molecule has 19 rings (SSSR count). The predicted octanol–water partition coefficient (Wildman–Crippen LogP) is 19.8. The maximum absolute atomic E-state index is 11.0. The Morgan fingerprint density at radius 1 is 0.245 bits per heavy atom. The van der Waals surface area contributed by atoms with Gasteiger partial charge in [0.25, 0.3) is 6.71 Å². The minimum absolute atomic E-state index is 0.00716. The molecule has 0 unspecified atom stereocenters. The molecular weight excluding hydrogens is 1140 g/mol. The minimum atomic E-state index is -0.00716. The van der Waals surface area contributed by atoms with Crippen LogP contribution in [0.3, 0.4) is 0 Å². The highest BCUT2D eigenvalue weighted by Gasteiger charge is 2.43. The average molecular weight is 1190 g/mol. The van der Waals surface area contributed by atoms with Crippen LogP contribution in [0.25, 0.3) is 116 Å². The van der Waals surface area contributed by atoms with Gasteiger partial charge < -0.3 is 23.5 Å². The first-order valence-electron chi connectivity index (χ1n) is 31.9. The van der Waals surface area contributed by atoms with Crippen LogP contribution in [-0.4, -0.2) is 20.4 Å². The summed E-state index contributed by atoms with van der Waals surface area (Å²) in [5.41, 5.74) is 26.7. The van der Waals surface area contributed by atoms with Crippen LogP contribution in [-0.2, 0) is 0 Å². The lowest BCUT2D eigenvalue weighted by Gasteiger charge is -2.44. The average Bonchev–Trinajstić information content (AvgIpc) is 0.925. The molecule has 5 heterocycles. The molecule has 0 fully saturated rings. The molecule has 17 aromatic rings. The van der Waals surface area contributed by atoms with Crippen LogP contribution < -0.4 is 26.2 Å². The van der Waals surface area contributed by atoms with Crippen LogP contribution in [0, 0.1) is 22.7 Å². The fraction of sp³-hybridized carbons (Fsp3) is 0. The second kappa shape index (κ2) is 20.8. The van der Waals surface area contributed by atoms with Gasteiger partial charge in [0.05, 0.1) is 73.4 Å². The van der Waals surface area contributed by atoms with Crippen LogP contribution in [0.15, 0.2) is 315 Å². The third kappa shape index (κ3) is 7.84. The summed E-state index contributed by atoms with van der Waals surface area (Å²) in [5.74, 6) is 0. The number of rotatable bonds is 8. The van der Waals surface area contributed by atoms with Crippen molar-refractivity contribution in [2.24, 2.45) is 0 Å². The van der Waals surface area contributed by atoms with Gasteiger partial charge in [-0.3, -0.25) is 0 Å². The summed E-state index contributed by atoms with van der Waals surface area (Å²) in [6.45, 7) is -0.00716. The number of benzene rings is 14. The van der Waals surface area contributed by atoms with E-state index in [1.54, 1.807) is 0 Å². The first-order valence-corrected chi connectivity index (χ1v) is 31.9. The molecule has 2 aliphatic rings. The maximum atomic E-state index is 11.0. The lowest BCUT2D eigenvalue weighted by molar-refractivity contribution is 1.16. The molecule has 0 atom stereocenters. The van der Waals surface area contributed by atoms with Gasteiger partial charge in [-0.05, 0) is 173 Å². The lowest BCUT2D eigenvalue weighted by Crippen LogP contribution is -2.61. The molecule has 2 aliphatic heterocycles. The summed E-state index contributed by atoms with van der Waals surface area (Å²) < 4.78 is 7.12. The maximum Gasteiger partial charge on any atom is 0.252 e. The Kier molecular flexibility index (Phi) is 11.8. The molecule has 0 saturated heterocycles. The first kappa shape index (κ1) is 53.0. The molecular formula is C86H52BN7. The monoisotopic (exact) mass is 1190 g/mol. The first-order chi connectivity index (χ1) is 46.6. The quantitative estimate of drug-likeness (QED) is 0.142. The molecule has 3 aromatic heterocycles. The zero-order valence-corrected chi connectivity index (χ0v) is 50.7. The Labute approximate surface area is 542 Å². The van der Waals surface area contributed by atoms with Crippen molar-refractivity contribution in [1.29, 1.82) is 10.5 Å². The van der Waals surface area contributed by atoms with E-state index in [2.05, 4.69) is 333 Å². The standard InChI is InChI=1S/C86H52BN7/c88-53-55-39-43-78(92-73-32-14-7-25-62(73)63-26-8-15-33-74(63)92)67(47-55)58-42-46-81(70(50-58)68-48-56(54-89)40-44-79(68)93-75-34-16-9-27-64(75)65-28-10-17-35-76(65)93)94-77-36-18-11-29-66(77)69-49-57(41-45-80(69)94)59-51-84-86-85(52-59)91(61-23-5-2-6-24-61)83-38-20-13-31-72(83)87(86)71-30-12-19-37-82(71)90(84)60-21-3-1-4-22-60/h1-52H. The van der Waals surface area contributed by atoms with Crippen molar-refractivity contribution in [3.8, 4) is 62.6 Å². The topological polar surface area (TPSA) is 68.8 Å². The van der Waals surface area contributed by atoms with E-state index < -0.39 is 0 Å². The van der Waals surface area contributed by atoms with Crippen LogP contribution in [0.2, 0.25) is 0 Å². The summed E-state index contributed by atoms with van der Waals surface area (Å²) in [5, 5.41) is 28.5. The highest BCUT2D eigenvalue weighted by Crippen LogP contribution is 2.49. The number of hydrogen-bond donors (Lipinski definition) is 0. The second-order valence-electron chi connectivity index (χ2n) is 24.6. The van der Waals surface area contributed by atoms with Crippen molar-refractivity contribution in [2.45, 2.75) is 0 Å². The molecule has 0 aliphatic carbocycles. The molecule has 14 aromatic carbocycles. The third-order valence-electron chi connectivity index (χ3n) is 19.7. The highest BCUT2D eigenvalue weighted by molar-refractivity contribution is 7.00. The van der Waals surface area contributed by atoms with Crippen molar-refractivity contribution in [2.75, 3.05) is 9.80 Å². The molecule has 0 bridgehead atoms. The van der Waals surface area contributed by atoms with Gasteiger partial charge in [0.15, 0.2) is 0 Å². The van der Waals surface area contributed by atoms with E-state index in [0.29, 0.717) is 11.1 Å². The summed E-state index contributed by atoms with van der Waals surface area (Å²) in [6, 6.07) is 118. The van der Waals surface area contributed by atoms with Crippen molar-refractivity contribution >= 4 is 123 Å². The molecule has 0 radical (unpaired) electrons. The van der Waals surface area contributed by atoms with Crippen LogP contribution in [0.4, 0.5) is 34.1 Å². The smallest absolute Gasteiger partial charge is 0.252 e. The van der Waals surface area contributed by atoms with E-state index in [1.807, 2.05) is 18.2 Å². The Hall–Kier alpha value is -12.9. The van der Waals surface area contributed by atoms with E-state index in [1.165, 1.54) is 27.8 Å². The highest BCUT2D eigenvalue weighted by atomic mass is 15.2. The summed E-state index contributed by atoms with van der Waals surface area (Å²) >= 11 is 0. The second-order valence-corrected chi connectivity index (χ2v) is 24.6. The molecule has 8 heteroatoms. The predicted molar refractivity (Wildman–Crippen MR) is 389 cm³/mol. The van der Waals surface area contributed by atoms with Gasteiger partial charge in [0, 0.05) is 83.1 Å². The van der Waals surface area contributed by atoms with Gasteiger partial charge in [-0.15, -0.1) is 0 Å². The zero-order chi connectivity index (χ0) is 62.1. The Bertz CT molecular complexity index is 5900. The summed E-state index contributed by atoms with van der Waals surface area (Å²) in [6.07, 6.45) is 0. The van der Waals surface area contributed by atoms with Crippen LogP contribution >= 0.6 is 0 Å². The van der Waals surface area contributed by atoms with E-state index in [4.69, 9.17) is 0 Å². The molecule has 0 N–H and O–H groups in total. The van der Waals surface area contributed by atoms with Crippen LogP contribution in [0.1, 0.15) is 11.1 Å². The SMILES string of the molecule is N#Cc1ccc(-n2c3ccccc3c3ccccc32)c(-c2ccc(-n3c4ccccc4c4cc(-c5cc6c7c(c5)N(c5ccccc5)c5ccccc5B7c5ccccc5N6c5ccccc5)ccc43)c(-c3cc(C#N)ccc3-n3c4ccccc4c4ccccc43)c2)c1. The fourth-order valence-corrected chi connectivity index (χ4v) is 15.7. The zero-order valence-electron chi connectivity index (χ0n) is 50.7. The number of anilines is 6. The molecule has 94 heavy (non-hydrogen) atoms. The van der Waals surface area contributed by atoms with Gasteiger partial charge >= 0.3 is 0 Å². The van der Waals surface area contributed by atoms with Gasteiger partial charge in [0.1, 0.15) is 0 Å². The van der Waals surface area contributed by atoms with Gasteiger partial charge in [-0.2, -0.15) is 10.5 Å². The van der Waals surface area contributed by atoms with Crippen molar-refractivity contribution in [3.05, 3.63) is 327 Å². The molecule has 0 saturated carbocycles. The van der Waals surface area contributed by atoms with Crippen molar-refractivity contribution in [3.63, 3.8) is 0 Å². The van der Waals surface area contributed by atoms with E-state index in [9.17, 15) is 10.5 Å². The van der Waals surface area contributed by atoms with Crippen molar-refractivity contribution < 1.29 is 0 Å². The largest absolute Gasteiger partial charge is 0.311 e. The van der Waals surface area contributed by atoms with Gasteiger partial charge in [0.2, 0.25) is 0 Å². The fourth-order valence-electron chi connectivity index (χ4n) is 15.7. The molecule has 0 amide bonds. The normalized spacial score (nSPS) is 12.4. The number of aromatic nitrogens is 3. The van der Waals surface area contributed by atoms with Crippen LogP contribution in [0.5, 0.6) is 0 Å². The Morgan fingerprint density at radius 3 is 1.07 bits per heavy atom. The number of hydrogen-bond acceptors (Lipinski definition) is 4.